The van der Waals surface area contributed by atoms with Crippen LogP contribution in [0.5, 0.6) is 0 Å². The maximum Gasteiger partial charge on any atom is 0.496 e. The molecule has 0 aliphatic carbocycles. The predicted molar refractivity (Wildman–Crippen MR) is 582 cm³/mol. The van der Waals surface area contributed by atoms with Crippen LogP contribution in [-0.2, 0) is 82.1 Å². The number of imidazole rings is 4. The maximum atomic E-state index is 12.9. The molecular weight excluding hydrogens is 2550 g/mol. The molecule has 0 unspecified atom stereocenters. The average Bonchev–Trinajstić information content (AvgIpc) is 1.62. The molecule has 0 spiro atoms. The number of aliphatic hydroxyl groups is 1. The number of aliphatic hydroxyl groups excluding tert-OH is 1. The van der Waals surface area contributed by atoms with Crippen LogP contribution in [0, 0.1) is 6.57 Å². The average molecular weight is 2620 g/mol. The molecule has 3 aliphatic heterocycles. The summed E-state index contributed by atoms with van der Waals surface area (Å²) < 4.78 is 38.4. The van der Waals surface area contributed by atoms with Gasteiger partial charge in [-0.1, -0.05) is 136 Å². The topological polar surface area (TPSA) is 391 Å². The Bertz CT molecular complexity index is 7120. The van der Waals surface area contributed by atoms with Crippen molar-refractivity contribution < 1.29 is 38.2 Å². The first-order valence-electron chi connectivity index (χ1n) is 41.1. The van der Waals surface area contributed by atoms with Gasteiger partial charge in [-0.05, 0) is 259 Å². The number of carbonyl (C=O) groups is 4. The van der Waals surface area contributed by atoms with Gasteiger partial charge in [0, 0.05) is 119 Å². The molecule has 0 saturated carbocycles. The van der Waals surface area contributed by atoms with Gasteiger partial charge in [0.2, 0.25) is 12.3 Å². The van der Waals surface area contributed by atoms with Crippen molar-refractivity contribution in [1.82, 2.24) is 92.2 Å². The summed E-state index contributed by atoms with van der Waals surface area (Å²) in [5.74, 6) is -1.13. The minimum Gasteiger partial charge on any atom is -0.399 e. The van der Waals surface area contributed by atoms with E-state index in [4.69, 9.17) is 143 Å². The van der Waals surface area contributed by atoms with E-state index in [-0.39, 0.29) is 42.2 Å². The predicted octanol–water partition coefficient (Wildman–Crippen LogP) is 25.2. The number of amides is 4. The molecule has 8 N–H and O–H groups in total. The molecule has 18 heterocycles. The summed E-state index contributed by atoms with van der Waals surface area (Å²) >= 11 is 90.1. The van der Waals surface area contributed by atoms with Crippen molar-refractivity contribution in [2.24, 2.45) is 17.2 Å². The van der Waals surface area contributed by atoms with Gasteiger partial charge in [-0.2, -0.15) is 10.2 Å². The van der Waals surface area contributed by atoms with E-state index in [2.05, 4.69) is 210 Å². The van der Waals surface area contributed by atoms with Crippen molar-refractivity contribution in [2.45, 2.75) is 117 Å². The monoisotopic (exact) mass is 2610 g/mol. The SMILES string of the molecule is CC1(C)OB(c2cc(Cl)c3cncn3c2)OC1(C)C.CCc1ncc(Br)cc1Cl.Clc1cc(Br)cn2cncc12.Clc1cc(Br)cnc1Br.NC(=O)c1c(-c2cc(Cl)c3cncn3c2)nn2c1CCCC2.NCc1ncc(Br)cc1Cl.O=CNCc1ncc(Br)cc1Cl.O=P(Cl)(Cl)Cl.OCc1ncc(Br)cc1Cl.[C-]#[N+]c1ccc(CC(=O)N2CCn3nc(-c4cc(Cl)c5cncn5c4)c(C(N)=O)c3C2)cc1. The summed E-state index contributed by atoms with van der Waals surface area (Å²) in [5, 5.41) is 22.5. The number of nitrogens with two attached hydrogens (primary N) is 3. The van der Waals surface area contributed by atoms with E-state index in [9.17, 15) is 23.7 Å². The first kappa shape index (κ1) is 115. The minimum absolute atomic E-state index is 0.0714. The molecule has 738 valence electrons. The van der Waals surface area contributed by atoms with Gasteiger partial charge in [0.1, 0.15) is 16.0 Å². The molecular formula is C89H78BBr7Cl12N23O8P. The van der Waals surface area contributed by atoms with Gasteiger partial charge in [0.15, 0.2) is 5.69 Å². The number of aryl methyl sites for hydroxylation is 2. The summed E-state index contributed by atoms with van der Waals surface area (Å²) in [4.78, 5) is 88.5. The third-order valence-electron chi connectivity index (χ3n) is 20.6. The fourth-order valence-corrected chi connectivity index (χ4v) is 18.5. The summed E-state index contributed by atoms with van der Waals surface area (Å²) in [7, 11) is -0.408. The van der Waals surface area contributed by atoms with Crippen molar-refractivity contribution in [3.63, 3.8) is 0 Å². The first-order chi connectivity index (χ1) is 66.8. The molecule has 4 amide bonds. The lowest BCUT2D eigenvalue weighted by atomic mass is 9.80. The molecule has 16 aromatic rings. The number of carbonyl (C=O) groups excluding carboxylic acids is 4. The number of pyridine rings is 9. The summed E-state index contributed by atoms with van der Waals surface area (Å²) in [6.45, 7) is 19.8. The fraction of sp³-hybridized carbons (Fsp3) is 0.213. The number of rotatable bonds is 13. The number of halogens is 19. The van der Waals surface area contributed by atoms with E-state index in [0.29, 0.717) is 123 Å². The van der Waals surface area contributed by atoms with Crippen LogP contribution in [-0.4, -0.2) is 141 Å². The number of nitrogens with zero attached hydrogens (tertiary/aromatic N) is 19. The molecule has 0 bridgehead atoms. The quantitative estimate of drug-likeness (QED) is 0.0235. The van der Waals surface area contributed by atoms with Crippen molar-refractivity contribution in [3.8, 4) is 22.5 Å². The van der Waals surface area contributed by atoms with Crippen LogP contribution >= 0.6 is 255 Å². The standard InChI is InChI=1S/C23H18ClN7O2.C15H14ClN5O.C13H16BClN2O2.C7H6BrClN2O.C7H4BrClN2.C7H7BrClN.C6H6BrClN2.C6H5BrClNO.C5H2Br2ClN.Cl3OP/c1-26-16-4-2-14(3-5-16)8-20(32)29-6-7-31-19(12-29)21(23(25)33)22(28-31)15-9-17(24)18-10-27-13-30(18)11-15;16-10-5-9(7-20-8-18-6-12(10)20)14-13(15(17)22)11-3-1-2-4-21(11)19-14;1-12(2)13(3,4)19-14(18-12)9-5-10(15)11-6-16-8-17(11)7-9;8-5-1-6(9)7(11-2-5)3-10-4-12;8-5-1-6(9)7-2-10-4-11(7)3-5;1-2-7-6(9)3-5(8)4-10-7;7-4-1-5(8)6(2-9)10-3-4;7-4-1-5(8)6(3-10)9-2-4;6-3-1-4(8)5(7)9-2-3;1-5(2,3)4/h2-5,9-11,13H,6-8,12H2,(H2,25,33);5-8H,1-4H2,(H2,17,22);5-8H,1-4H3;1-2,4H,3H2,(H,10,12);1-4H;3-4H,2H2,1H3;1,3H,2,9H2;1-2,10H,3H2;1-2H;. The Morgan fingerprint density at radius 1 is 0.525 bits per heavy atom. The molecule has 0 radical (unpaired) electrons. The summed E-state index contributed by atoms with van der Waals surface area (Å²) in [6.07, 6.45) is 34.0. The summed E-state index contributed by atoms with van der Waals surface area (Å²) in [5.41, 5.74) is 29.2. The Kier molecular flexibility index (Phi) is 44.0. The van der Waals surface area contributed by atoms with Crippen LogP contribution in [0.2, 0.25) is 45.2 Å². The number of primary amides is 2. The lowest BCUT2D eigenvalue weighted by molar-refractivity contribution is -0.132. The molecule has 52 heteroatoms. The molecule has 1 fully saturated rings. The Labute approximate surface area is 926 Å². The van der Waals surface area contributed by atoms with Gasteiger partial charge in [0.25, 0.3) is 11.8 Å². The maximum absolute atomic E-state index is 12.9. The van der Waals surface area contributed by atoms with Gasteiger partial charge in [-0.3, -0.25) is 53.0 Å². The zero-order chi connectivity index (χ0) is 103. The molecule has 15 aromatic heterocycles. The Balaban J connectivity index is 0.000000169. The van der Waals surface area contributed by atoms with Gasteiger partial charge < -0.3 is 59.4 Å². The van der Waals surface area contributed by atoms with Crippen LogP contribution in [0.4, 0.5) is 5.69 Å². The molecule has 1 saturated heterocycles. The van der Waals surface area contributed by atoms with Crippen LogP contribution < -0.4 is 28.0 Å². The molecule has 1 aromatic carbocycles. The Morgan fingerprint density at radius 3 is 1.35 bits per heavy atom. The lowest BCUT2D eigenvalue weighted by Gasteiger charge is -2.32. The highest BCUT2D eigenvalue weighted by Crippen LogP contribution is 2.61. The highest BCUT2D eigenvalue weighted by Gasteiger charge is 2.52. The van der Waals surface area contributed by atoms with E-state index >= 15 is 0 Å². The van der Waals surface area contributed by atoms with Gasteiger partial charge in [0.05, 0.1) is 213 Å². The molecule has 19 rings (SSSR count). The summed E-state index contributed by atoms with van der Waals surface area (Å²) in [6, 6.07) is 23.0. The second-order valence-electron chi connectivity index (χ2n) is 30.7. The zero-order valence-corrected chi connectivity index (χ0v) is 95.2. The third-order valence-corrected chi connectivity index (χ3v) is 26.9. The number of aromatic nitrogens is 17. The normalized spacial score (nSPS) is 12.9. The third kappa shape index (κ3) is 32.7. The molecule has 3 aliphatic rings. The van der Waals surface area contributed by atoms with E-state index in [1.54, 1.807) is 162 Å². The zero-order valence-electron chi connectivity index (χ0n) is 74.1. The highest BCUT2D eigenvalue weighted by molar-refractivity contribution is 9.11. The highest BCUT2D eigenvalue weighted by atomic mass is 79.9. The minimum atomic E-state index is -3.22. The molecule has 141 heavy (non-hydrogen) atoms. The molecule has 31 nitrogen and oxygen atoms in total. The van der Waals surface area contributed by atoms with E-state index < -0.39 is 24.1 Å². The van der Waals surface area contributed by atoms with Crippen LogP contribution in [0.1, 0.15) is 108 Å². The number of benzene rings is 1. The lowest BCUT2D eigenvalue weighted by Crippen LogP contribution is -2.41. The van der Waals surface area contributed by atoms with E-state index in [1.165, 1.54) is 0 Å². The van der Waals surface area contributed by atoms with Crippen LogP contribution in [0.15, 0.2) is 216 Å². The van der Waals surface area contributed by atoms with Crippen molar-refractivity contribution >= 4 is 319 Å². The smallest absolute Gasteiger partial charge is 0.399 e. The van der Waals surface area contributed by atoms with Crippen molar-refractivity contribution in [2.75, 3.05) is 6.54 Å². The number of fused-ring (bicyclic) bond motifs is 6. The van der Waals surface area contributed by atoms with Crippen molar-refractivity contribution in [3.05, 3.63) is 324 Å². The first-order valence-corrected chi connectivity index (χ1v) is 54.5. The van der Waals surface area contributed by atoms with Gasteiger partial charge >= 0.3 is 12.3 Å². The second kappa shape index (κ2) is 53.7. The number of nitrogens with one attached hydrogen (secondary N) is 1. The molecule has 0 atom stereocenters. The van der Waals surface area contributed by atoms with Gasteiger partial charge in [-0.25, -0.2) is 29.8 Å². The number of hydrogen-bond donors (Lipinski definition) is 5. The van der Waals surface area contributed by atoms with Gasteiger partial charge in [-0.15, -0.1) is 0 Å². The van der Waals surface area contributed by atoms with E-state index in [0.717, 1.165) is 120 Å². The number of hydrogen-bond acceptors (Lipinski definition) is 20. The van der Waals surface area contributed by atoms with Crippen LogP contribution in [0.3, 0.4) is 0 Å². The van der Waals surface area contributed by atoms with Crippen LogP contribution in [0.25, 0.3) is 49.4 Å². The van der Waals surface area contributed by atoms with Crippen molar-refractivity contribution in [1.29, 1.82) is 0 Å². The second-order valence-corrected chi connectivity index (χ2v) is 47.3. The van der Waals surface area contributed by atoms with E-state index in [1.807, 2.05) is 89.3 Å². The fourth-order valence-electron chi connectivity index (χ4n) is 13.2. The largest absolute Gasteiger partial charge is 0.496 e. The Morgan fingerprint density at radius 2 is 0.929 bits per heavy atom. The Hall–Kier alpha value is -7.51.